The highest BCUT2D eigenvalue weighted by atomic mass is 16.6. The van der Waals surface area contributed by atoms with Crippen LogP contribution in [0.2, 0.25) is 0 Å². The number of ether oxygens (including phenoxy) is 6. The highest BCUT2D eigenvalue weighted by Gasteiger charge is 2.56. The normalized spacial score (nSPS) is 20.2. The van der Waals surface area contributed by atoms with Gasteiger partial charge in [-0.15, -0.1) is 0 Å². The highest BCUT2D eigenvalue weighted by Crippen LogP contribution is 2.38. The van der Waals surface area contributed by atoms with Crippen molar-refractivity contribution in [2.75, 3.05) is 7.11 Å². The molecule has 0 aromatic heterocycles. The lowest BCUT2D eigenvalue weighted by Gasteiger charge is -2.35. The second-order valence-corrected chi connectivity index (χ2v) is 15.9. The molecule has 0 aliphatic carbocycles. The third kappa shape index (κ3) is 10.6. The first-order valence-corrected chi connectivity index (χ1v) is 18.8. The van der Waals surface area contributed by atoms with Crippen molar-refractivity contribution in [3.63, 3.8) is 0 Å². The molecular weight excluding hydrogens is 704 g/mol. The summed E-state index contributed by atoms with van der Waals surface area (Å²) in [6.45, 7) is 12.7. The van der Waals surface area contributed by atoms with Crippen LogP contribution in [0.1, 0.15) is 88.4 Å². The smallest absolute Gasteiger partial charge is 0.412 e. The highest BCUT2D eigenvalue weighted by molar-refractivity contribution is 5.95. The number of fused-ring (bicyclic) bond motifs is 1. The van der Waals surface area contributed by atoms with Crippen LogP contribution in [0.15, 0.2) is 78.9 Å². The second kappa shape index (κ2) is 17.7. The first-order valence-electron chi connectivity index (χ1n) is 18.8. The van der Waals surface area contributed by atoms with E-state index in [1.807, 2.05) is 86.6 Å². The van der Waals surface area contributed by atoms with Crippen LogP contribution in [0.25, 0.3) is 0 Å². The maximum atomic E-state index is 14.7. The van der Waals surface area contributed by atoms with E-state index >= 15 is 0 Å². The summed E-state index contributed by atoms with van der Waals surface area (Å²) in [5, 5.41) is 3.14. The van der Waals surface area contributed by atoms with Gasteiger partial charge in [0.25, 0.3) is 5.91 Å². The number of hydrogen-bond acceptors (Lipinski definition) is 10. The van der Waals surface area contributed by atoms with E-state index < -0.39 is 65.7 Å². The van der Waals surface area contributed by atoms with Crippen LogP contribution in [0.5, 0.6) is 5.75 Å². The molecule has 55 heavy (non-hydrogen) atoms. The number of nitrogens with zero attached hydrogens (tertiary/aromatic N) is 1. The van der Waals surface area contributed by atoms with Crippen molar-refractivity contribution >= 4 is 23.9 Å². The van der Waals surface area contributed by atoms with Gasteiger partial charge in [-0.05, 0) is 69.7 Å². The van der Waals surface area contributed by atoms with Gasteiger partial charge in [0.05, 0.1) is 32.2 Å². The van der Waals surface area contributed by atoms with E-state index in [0.29, 0.717) is 24.2 Å². The number of carbonyl (C=O) groups is 4. The third-order valence-electron chi connectivity index (χ3n) is 9.47. The third-order valence-corrected chi connectivity index (χ3v) is 9.47. The Morgan fingerprint density at radius 2 is 1.56 bits per heavy atom. The minimum Gasteiger partial charge on any atom is -0.496 e. The first-order chi connectivity index (χ1) is 26.1. The number of amides is 2. The summed E-state index contributed by atoms with van der Waals surface area (Å²) in [4.78, 5) is 57.0. The Bertz CT molecular complexity index is 1790. The molecule has 2 heterocycles. The van der Waals surface area contributed by atoms with Crippen molar-refractivity contribution in [2.45, 2.75) is 123 Å². The average Bonchev–Trinajstić information content (AvgIpc) is 3.39. The first kappa shape index (κ1) is 41.2. The fourth-order valence-electron chi connectivity index (χ4n) is 7.10. The van der Waals surface area contributed by atoms with E-state index in [-0.39, 0.29) is 25.6 Å². The number of carbonyl (C=O) groups excluding carboxylic acids is 4. The summed E-state index contributed by atoms with van der Waals surface area (Å²) in [6, 6.07) is 22.3. The number of esters is 2. The molecule has 2 aliphatic rings. The summed E-state index contributed by atoms with van der Waals surface area (Å²) in [5.74, 6) is -1.16. The lowest BCUT2D eigenvalue weighted by molar-refractivity contribution is -0.156. The van der Waals surface area contributed by atoms with Gasteiger partial charge in [-0.25, -0.2) is 9.59 Å². The minimum atomic E-state index is -1.33. The van der Waals surface area contributed by atoms with Crippen LogP contribution >= 0.6 is 0 Å². The van der Waals surface area contributed by atoms with Gasteiger partial charge in [-0.1, -0.05) is 86.6 Å². The Balaban J connectivity index is 1.48. The van der Waals surface area contributed by atoms with Gasteiger partial charge >= 0.3 is 18.0 Å². The predicted molar refractivity (Wildman–Crippen MR) is 204 cm³/mol. The second-order valence-electron chi connectivity index (χ2n) is 15.9. The Kier molecular flexibility index (Phi) is 13.3. The Morgan fingerprint density at radius 3 is 2.16 bits per heavy atom. The summed E-state index contributed by atoms with van der Waals surface area (Å²) < 4.78 is 35.9. The Morgan fingerprint density at radius 1 is 0.927 bits per heavy atom. The van der Waals surface area contributed by atoms with Crippen molar-refractivity contribution in [2.24, 2.45) is 5.92 Å². The van der Waals surface area contributed by atoms with Crippen LogP contribution in [0.3, 0.4) is 0 Å². The lowest BCUT2D eigenvalue weighted by atomic mass is 9.90. The summed E-state index contributed by atoms with van der Waals surface area (Å²) in [6.07, 6.45) is -3.38. The van der Waals surface area contributed by atoms with Crippen molar-refractivity contribution < 1.29 is 47.6 Å². The topological polar surface area (TPSA) is 139 Å². The number of methoxy groups -OCH3 is 1. The van der Waals surface area contributed by atoms with Gasteiger partial charge in [0.1, 0.15) is 41.5 Å². The Hall–Kier alpha value is -4.94. The number of nitrogens with one attached hydrogen (secondary N) is 1. The van der Waals surface area contributed by atoms with E-state index in [1.54, 1.807) is 40.7 Å². The quantitative estimate of drug-likeness (QED) is 0.139. The largest absolute Gasteiger partial charge is 0.496 e. The minimum absolute atomic E-state index is 0.0220. The molecule has 3 aromatic rings. The van der Waals surface area contributed by atoms with E-state index in [4.69, 9.17) is 28.4 Å². The monoisotopic (exact) mass is 758 g/mol. The van der Waals surface area contributed by atoms with Crippen LogP contribution in [0, 0.1) is 5.92 Å². The molecule has 0 unspecified atom stereocenters. The van der Waals surface area contributed by atoms with Gasteiger partial charge in [-0.3, -0.25) is 14.5 Å². The predicted octanol–water partition coefficient (Wildman–Crippen LogP) is 6.77. The number of rotatable bonds is 14. The molecule has 5 rings (SSSR count). The SMILES string of the molecule is COc1cccc2c1C(=O)O[C@H]([C@H](CC(C)C)NC(=O)[C@@H](OCc1ccccc1)[C@H]1OC(C)(C)N(C(=O)OC(C)(C)C)[C@H]1CC(=O)OCc1ccccc1)C2. The zero-order valence-corrected chi connectivity index (χ0v) is 33.0. The number of cyclic esters (lactones) is 1. The number of benzene rings is 3. The molecule has 0 spiro atoms. The van der Waals surface area contributed by atoms with Gasteiger partial charge < -0.3 is 33.7 Å². The van der Waals surface area contributed by atoms with Crippen LogP contribution < -0.4 is 10.1 Å². The molecule has 1 saturated heterocycles. The summed E-state index contributed by atoms with van der Waals surface area (Å²) in [7, 11) is 1.50. The van der Waals surface area contributed by atoms with Crippen LogP contribution in [-0.4, -0.2) is 77.7 Å². The van der Waals surface area contributed by atoms with E-state index in [1.165, 1.54) is 12.0 Å². The molecule has 1 N–H and O–H groups in total. The molecular formula is C43H54N2O10. The number of hydrogen-bond donors (Lipinski definition) is 1. The van der Waals surface area contributed by atoms with Crippen molar-refractivity contribution in [3.05, 3.63) is 101 Å². The average molecular weight is 759 g/mol. The molecule has 296 valence electrons. The summed E-state index contributed by atoms with van der Waals surface area (Å²) in [5.41, 5.74) is 0.517. The van der Waals surface area contributed by atoms with Crippen LogP contribution in [-0.2, 0) is 52.9 Å². The molecule has 3 aromatic carbocycles. The van der Waals surface area contributed by atoms with E-state index in [9.17, 15) is 19.2 Å². The van der Waals surface area contributed by atoms with Gasteiger partial charge in [-0.2, -0.15) is 0 Å². The van der Waals surface area contributed by atoms with Gasteiger partial charge in [0.15, 0.2) is 6.10 Å². The summed E-state index contributed by atoms with van der Waals surface area (Å²) >= 11 is 0. The van der Waals surface area contributed by atoms with E-state index in [2.05, 4.69) is 5.32 Å². The fourth-order valence-corrected chi connectivity index (χ4v) is 7.10. The maximum Gasteiger partial charge on any atom is 0.412 e. The van der Waals surface area contributed by atoms with Crippen molar-refractivity contribution in [1.29, 1.82) is 0 Å². The lowest BCUT2D eigenvalue weighted by Crippen LogP contribution is -2.56. The standard InChI is InChI=1S/C43H54N2O10/c1-27(2)22-31(34-23-30-20-15-21-33(50-8)36(30)40(48)53-34)44-39(47)38(52-26-29-18-13-10-14-19-29)37-32(24-35(46)51-25-28-16-11-9-12-17-28)45(43(6,7)54-37)41(49)55-42(3,4)5/h9-21,27,31-32,34,37-38H,22-26H2,1-8H3,(H,44,47)/t31-,32-,34-,37-,38-/m0/s1. The molecule has 2 aliphatic heterocycles. The Labute approximate surface area is 323 Å². The van der Waals surface area contributed by atoms with Crippen LogP contribution in [0.4, 0.5) is 4.79 Å². The van der Waals surface area contributed by atoms with Crippen molar-refractivity contribution in [3.8, 4) is 5.75 Å². The fraction of sp³-hybridized carbons (Fsp3) is 0.488. The molecule has 0 saturated carbocycles. The molecule has 0 bridgehead atoms. The zero-order valence-electron chi connectivity index (χ0n) is 33.0. The van der Waals surface area contributed by atoms with Crippen molar-refractivity contribution in [1.82, 2.24) is 10.2 Å². The molecule has 12 nitrogen and oxygen atoms in total. The molecule has 12 heteroatoms. The molecule has 0 radical (unpaired) electrons. The molecule has 1 fully saturated rings. The van der Waals surface area contributed by atoms with Gasteiger partial charge in [0, 0.05) is 6.42 Å². The van der Waals surface area contributed by atoms with Gasteiger partial charge in [0.2, 0.25) is 0 Å². The van der Waals surface area contributed by atoms with E-state index in [0.717, 1.165) is 16.7 Å². The molecule has 5 atom stereocenters. The maximum absolute atomic E-state index is 14.7. The zero-order chi connectivity index (χ0) is 39.9. The molecule has 2 amide bonds.